The molecule has 0 radical (unpaired) electrons. The Labute approximate surface area is 185 Å². The number of hydrogen-bond donors (Lipinski definition) is 2. The molecule has 1 saturated carbocycles. The zero-order valence-corrected chi connectivity index (χ0v) is 19.0. The zero-order chi connectivity index (χ0) is 21.5. The Hall–Kier alpha value is -2.15. The lowest BCUT2D eigenvalue weighted by Gasteiger charge is -2.40. The van der Waals surface area contributed by atoms with Gasteiger partial charge in [0.1, 0.15) is 5.69 Å². The molecule has 1 fully saturated rings. The Kier molecular flexibility index (Phi) is 5.51. The molecule has 1 aromatic heterocycles. The van der Waals surface area contributed by atoms with E-state index in [9.17, 15) is 5.11 Å². The number of hydrogen-bond acceptors (Lipinski definition) is 4. The van der Waals surface area contributed by atoms with Crippen LogP contribution in [0.3, 0.4) is 0 Å². The predicted octanol–water partition coefficient (Wildman–Crippen LogP) is 4.89. The van der Waals surface area contributed by atoms with E-state index in [4.69, 9.17) is 14.9 Å². The van der Waals surface area contributed by atoms with E-state index >= 15 is 0 Å². The third kappa shape index (κ3) is 2.93. The van der Waals surface area contributed by atoms with Gasteiger partial charge in [0.25, 0.3) is 0 Å². The van der Waals surface area contributed by atoms with E-state index in [0.717, 1.165) is 23.6 Å². The number of aliphatic hydroxyl groups excluding tert-OH is 1. The number of fused-ring (bicyclic) bond motifs is 3. The topological polar surface area (TPSA) is 67.5 Å². The van der Waals surface area contributed by atoms with Crippen molar-refractivity contribution in [2.24, 2.45) is 0 Å². The number of aromatic nitrogens is 2. The molecule has 0 spiro atoms. The lowest BCUT2D eigenvalue weighted by Crippen LogP contribution is -2.48. The van der Waals surface area contributed by atoms with Crippen LogP contribution in [0, 0.1) is 0 Å². The first-order chi connectivity index (χ1) is 14.5. The summed E-state index contributed by atoms with van der Waals surface area (Å²) in [7, 11) is 1.00. The fraction of sp³-hybridized carbons (Fsp3) is 0.375. The highest BCUT2D eigenvalue weighted by atomic mass is 79.9. The van der Waals surface area contributed by atoms with Crippen molar-refractivity contribution in [1.82, 2.24) is 9.78 Å². The van der Waals surface area contributed by atoms with Crippen LogP contribution in [0.5, 0.6) is 5.75 Å². The molecular formula is C24H27BrN2O3. The Morgan fingerprint density at radius 1 is 1.10 bits per heavy atom. The molecule has 0 bridgehead atoms. The lowest BCUT2D eigenvalue weighted by molar-refractivity contribution is -0.109. The van der Waals surface area contributed by atoms with Crippen molar-refractivity contribution in [3.63, 3.8) is 0 Å². The predicted molar refractivity (Wildman–Crippen MR) is 120 cm³/mol. The average Bonchev–Trinajstić information content (AvgIpc) is 3.38. The molecule has 3 atom stereocenters. The highest BCUT2D eigenvalue weighted by molar-refractivity contribution is 9.10. The van der Waals surface area contributed by atoms with Gasteiger partial charge in [-0.15, -0.1) is 0 Å². The molecule has 6 heteroatoms. The summed E-state index contributed by atoms with van der Waals surface area (Å²) >= 11 is 3.53. The van der Waals surface area contributed by atoms with Gasteiger partial charge in [-0.2, -0.15) is 5.10 Å². The molecule has 3 aromatic rings. The molecule has 2 heterocycles. The molecule has 2 aliphatic rings. The van der Waals surface area contributed by atoms with Crippen LogP contribution in [0.25, 0.3) is 0 Å². The third-order valence-electron chi connectivity index (χ3n) is 6.27. The first-order valence-corrected chi connectivity index (χ1v) is 11.0. The second kappa shape index (κ2) is 7.84. The van der Waals surface area contributed by atoms with Crippen molar-refractivity contribution in [3.05, 3.63) is 82.1 Å². The van der Waals surface area contributed by atoms with Gasteiger partial charge in [0.2, 0.25) is 0 Å². The van der Waals surface area contributed by atoms with Crippen LogP contribution in [0.4, 0.5) is 0 Å². The minimum absolute atomic E-state index is 0.0431. The number of rotatable bonds is 3. The van der Waals surface area contributed by atoms with E-state index in [1.54, 1.807) is 0 Å². The second-order valence-corrected chi connectivity index (χ2v) is 9.04. The van der Waals surface area contributed by atoms with Crippen molar-refractivity contribution in [1.29, 1.82) is 0 Å². The standard InChI is InChI=1S/C23H23BrN2O2.CH4O/c1-15(2)26-14-20-21(25-26)22(27)13-12-19(16-6-4-3-5-7-16)23(22,28-20)17-8-10-18(24)11-9-17;1-2/h3-11,14-15,19,27H,12-13H2,1-2H3;2H,1H3. The van der Waals surface area contributed by atoms with Crippen molar-refractivity contribution in [3.8, 4) is 5.75 Å². The molecule has 5 nitrogen and oxygen atoms in total. The molecule has 1 aliphatic carbocycles. The molecule has 1 aliphatic heterocycles. The Balaban J connectivity index is 0.00000106. The van der Waals surface area contributed by atoms with Crippen molar-refractivity contribution in [2.45, 2.75) is 49.9 Å². The Bertz CT molecular complexity index is 1020. The van der Waals surface area contributed by atoms with E-state index in [2.05, 4.69) is 66.2 Å². The van der Waals surface area contributed by atoms with E-state index in [-0.39, 0.29) is 12.0 Å². The smallest absolute Gasteiger partial charge is 0.175 e. The van der Waals surface area contributed by atoms with Crippen LogP contribution >= 0.6 is 15.9 Å². The van der Waals surface area contributed by atoms with Gasteiger partial charge in [-0.1, -0.05) is 58.4 Å². The minimum Gasteiger partial charge on any atom is -0.475 e. The summed E-state index contributed by atoms with van der Waals surface area (Å²) in [6.45, 7) is 4.16. The monoisotopic (exact) mass is 470 g/mol. The van der Waals surface area contributed by atoms with Gasteiger partial charge in [-0.05, 0) is 49.9 Å². The van der Waals surface area contributed by atoms with E-state index in [1.807, 2.05) is 29.1 Å². The van der Waals surface area contributed by atoms with Crippen molar-refractivity contribution < 1.29 is 14.9 Å². The number of aliphatic hydroxyl groups is 2. The first kappa shape index (κ1) is 21.1. The summed E-state index contributed by atoms with van der Waals surface area (Å²) in [6, 6.07) is 18.7. The van der Waals surface area contributed by atoms with Gasteiger partial charge in [0.15, 0.2) is 17.0 Å². The molecule has 158 valence electrons. The molecule has 2 N–H and O–H groups in total. The summed E-state index contributed by atoms with van der Waals surface area (Å²) in [6.07, 6.45) is 3.38. The number of ether oxygens (including phenoxy) is 1. The molecule has 3 unspecified atom stereocenters. The minimum atomic E-state index is -1.16. The lowest BCUT2D eigenvalue weighted by atomic mass is 9.73. The summed E-state index contributed by atoms with van der Waals surface area (Å²) in [4.78, 5) is 0. The third-order valence-corrected chi connectivity index (χ3v) is 6.79. The van der Waals surface area contributed by atoms with E-state index in [1.165, 1.54) is 5.56 Å². The van der Waals surface area contributed by atoms with Crippen molar-refractivity contribution in [2.75, 3.05) is 7.11 Å². The fourth-order valence-corrected chi connectivity index (χ4v) is 5.20. The molecule has 0 amide bonds. The van der Waals surface area contributed by atoms with Crippen LogP contribution < -0.4 is 4.74 Å². The van der Waals surface area contributed by atoms with Gasteiger partial charge in [0.05, 0.1) is 6.20 Å². The Morgan fingerprint density at radius 3 is 2.40 bits per heavy atom. The maximum absolute atomic E-state index is 12.1. The second-order valence-electron chi connectivity index (χ2n) is 8.12. The van der Waals surface area contributed by atoms with Crippen molar-refractivity contribution >= 4 is 15.9 Å². The molecule has 2 aromatic carbocycles. The number of benzene rings is 2. The quantitative estimate of drug-likeness (QED) is 0.571. The number of nitrogens with zero attached hydrogens (tertiary/aromatic N) is 2. The summed E-state index contributed by atoms with van der Waals surface area (Å²) < 4.78 is 9.58. The van der Waals surface area contributed by atoms with Crippen LogP contribution in [0.1, 0.15) is 55.5 Å². The molecular weight excluding hydrogens is 444 g/mol. The number of halogens is 1. The largest absolute Gasteiger partial charge is 0.475 e. The van der Waals surface area contributed by atoms with Gasteiger partial charge in [0, 0.05) is 23.5 Å². The molecule has 0 saturated heterocycles. The van der Waals surface area contributed by atoms with Crippen LogP contribution in [0.2, 0.25) is 0 Å². The normalized spacial score (nSPS) is 26.6. The fourth-order valence-electron chi connectivity index (χ4n) is 4.94. The van der Waals surface area contributed by atoms with E-state index in [0.29, 0.717) is 17.9 Å². The summed E-state index contributed by atoms with van der Waals surface area (Å²) in [5, 5.41) is 23.8. The average molecular weight is 471 g/mol. The van der Waals surface area contributed by atoms with Crippen LogP contribution in [0.15, 0.2) is 65.3 Å². The summed E-state index contributed by atoms with van der Waals surface area (Å²) in [5.41, 5.74) is 0.809. The zero-order valence-electron chi connectivity index (χ0n) is 17.4. The maximum atomic E-state index is 12.1. The Morgan fingerprint density at radius 2 is 1.77 bits per heavy atom. The van der Waals surface area contributed by atoms with Crippen LogP contribution in [-0.4, -0.2) is 27.1 Å². The molecule has 5 rings (SSSR count). The molecule has 30 heavy (non-hydrogen) atoms. The van der Waals surface area contributed by atoms with Crippen LogP contribution in [-0.2, 0) is 11.2 Å². The van der Waals surface area contributed by atoms with Gasteiger partial charge in [-0.3, -0.25) is 4.68 Å². The van der Waals surface area contributed by atoms with Gasteiger partial charge < -0.3 is 14.9 Å². The van der Waals surface area contributed by atoms with E-state index < -0.39 is 11.2 Å². The maximum Gasteiger partial charge on any atom is 0.175 e. The SMILES string of the molecule is CC(C)n1cc2c(n1)C1(O)CCC(c3ccccc3)C1(c1ccc(Br)cc1)O2.CO. The highest BCUT2D eigenvalue weighted by Gasteiger charge is 2.69. The first-order valence-electron chi connectivity index (χ1n) is 10.2. The summed E-state index contributed by atoms with van der Waals surface area (Å²) in [5.74, 6) is 0.737. The highest BCUT2D eigenvalue weighted by Crippen LogP contribution is 2.66. The van der Waals surface area contributed by atoms with Gasteiger partial charge >= 0.3 is 0 Å². The van der Waals surface area contributed by atoms with Gasteiger partial charge in [-0.25, -0.2) is 0 Å².